The number of nitriles is 1. The first-order chi connectivity index (χ1) is 6.81. The van der Waals surface area contributed by atoms with Crippen LogP contribution in [0.3, 0.4) is 0 Å². The highest BCUT2D eigenvalue weighted by atomic mass is 15.5. The molecule has 0 bridgehead atoms. The van der Waals surface area contributed by atoms with Crippen molar-refractivity contribution in [2.24, 2.45) is 5.10 Å². The molecule has 70 valence electrons. The summed E-state index contributed by atoms with van der Waals surface area (Å²) in [5.41, 5.74) is 1.67. The van der Waals surface area contributed by atoms with Crippen LogP contribution in [0.15, 0.2) is 29.4 Å². The zero-order valence-electron chi connectivity index (χ0n) is 8.01. The first-order valence-electron chi connectivity index (χ1n) is 4.63. The van der Waals surface area contributed by atoms with Crippen molar-refractivity contribution in [1.82, 2.24) is 0 Å². The zero-order chi connectivity index (χ0) is 9.97. The molecule has 0 N–H and O–H groups in total. The molecular weight excluding hydrogens is 174 g/mol. The SMILES string of the molecule is CC1CC=NN1c1cccc(C#N)c1. The molecule has 0 aliphatic carbocycles. The van der Waals surface area contributed by atoms with Crippen molar-refractivity contribution >= 4 is 11.9 Å². The monoisotopic (exact) mass is 185 g/mol. The second-order valence-corrected chi connectivity index (χ2v) is 3.39. The largest absolute Gasteiger partial charge is 0.263 e. The zero-order valence-corrected chi connectivity index (χ0v) is 8.01. The van der Waals surface area contributed by atoms with E-state index in [2.05, 4.69) is 18.1 Å². The van der Waals surface area contributed by atoms with Gasteiger partial charge in [-0.2, -0.15) is 10.4 Å². The Kier molecular flexibility index (Phi) is 2.19. The predicted octanol–water partition coefficient (Wildman–Crippen LogP) is 2.14. The van der Waals surface area contributed by atoms with Crippen LogP contribution in [-0.2, 0) is 0 Å². The van der Waals surface area contributed by atoms with E-state index in [4.69, 9.17) is 5.26 Å². The fourth-order valence-electron chi connectivity index (χ4n) is 1.54. The number of anilines is 1. The summed E-state index contributed by atoms with van der Waals surface area (Å²) in [6, 6.07) is 10.0. The van der Waals surface area contributed by atoms with E-state index in [1.807, 2.05) is 29.4 Å². The summed E-state index contributed by atoms with van der Waals surface area (Å²) in [5, 5.41) is 15.0. The summed E-state index contributed by atoms with van der Waals surface area (Å²) in [5.74, 6) is 0. The Balaban J connectivity index is 2.33. The summed E-state index contributed by atoms with van der Waals surface area (Å²) >= 11 is 0. The van der Waals surface area contributed by atoms with E-state index in [0.717, 1.165) is 12.1 Å². The molecule has 1 heterocycles. The molecule has 0 spiro atoms. The second-order valence-electron chi connectivity index (χ2n) is 3.39. The van der Waals surface area contributed by atoms with Crippen LogP contribution >= 0.6 is 0 Å². The molecule has 1 aliphatic heterocycles. The quantitative estimate of drug-likeness (QED) is 0.672. The van der Waals surface area contributed by atoms with Gasteiger partial charge in [0.1, 0.15) is 0 Å². The van der Waals surface area contributed by atoms with Gasteiger partial charge in [-0.05, 0) is 25.1 Å². The number of hydrogen-bond donors (Lipinski definition) is 0. The Labute approximate surface area is 83.3 Å². The van der Waals surface area contributed by atoms with Crippen LogP contribution in [0, 0.1) is 11.3 Å². The minimum Gasteiger partial charge on any atom is -0.263 e. The Bertz CT molecular complexity index is 403. The number of nitrogens with zero attached hydrogens (tertiary/aromatic N) is 3. The summed E-state index contributed by atoms with van der Waals surface area (Å²) < 4.78 is 0. The van der Waals surface area contributed by atoms with E-state index in [-0.39, 0.29) is 0 Å². The van der Waals surface area contributed by atoms with E-state index in [1.54, 1.807) is 6.07 Å². The average Bonchev–Trinajstić information content (AvgIpc) is 2.65. The summed E-state index contributed by atoms with van der Waals surface area (Å²) in [6.45, 7) is 2.12. The molecule has 1 aromatic rings. The van der Waals surface area contributed by atoms with Gasteiger partial charge in [-0.1, -0.05) is 6.07 Å². The van der Waals surface area contributed by atoms with Gasteiger partial charge in [-0.15, -0.1) is 0 Å². The van der Waals surface area contributed by atoms with Crippen LogP contribution in [0.5, 0.6) is 0 Å². The van der Waals surface area contributed by atoms with Gasteiger partial charge in [0.05, 0.1) is 23.4 Å². The van der Waals surface area contributed by atoms with Crippen LogP contribution in [0.2, 0.25) is 0 Å². The van der Waals surface area contributed by atoms with E-state index in [1.165, 1.54) is 0 Å². The van der Waals surface area contributed by atoms with Gasteiger partial charge >= 0.3 is 0 Å². The number of benzene rings is 1. The minimum atomic E-state index is 0.393. The molecule has 1 atom stereocenters. The minimum absolute atomic E-state index is 0.393. The van der Waals surface area contributed by atoms with Crippen LogP contribution in [0.4, 0.5) is 5.69 Å². The maximum absolute atomic E-state index is 8.76. The molecule has 0 radical (unpaired) electrons. The Morgan fingerprint density at radius 2 is 2.43 bits per heavy atom. The van der Waals surface area contributed by atoms with Gasteiger partial charge < -0.3 is 0 Å². The van der Waals surface area contributed by atoms with Gasteiger partial charge in [-0.25, -0.2) is 0 Å². The van der Waals surface area contributed by atoms with E-state index in [0.29, 0.717) is 11.6 Å². The van der Waals surface area contributed by atoms with Crippen molar-refractivity contribution in [3.63, 3.8) is 0 Å². The van der Waals surface area contributed by atoms with Crippen molar-refractivity contribution in [1.29, 1.82) is 5.26 Å². The highest BCUT2D eigenvalue weighted by Gasteiger charge is 2.17. The summed E-state index contributed by atoms with van der Waals surface area (Å²) in [4.78, 5) is 0. The molecule has 2 rings (SSSR count). The molecule has 0 amide bonds. The van der Waals surface area contributed by atoms with E-state index < -0.39 is 0 Å². The van der Waals surface area contributed by atoms with Gasteiger partial charge in [-0.3, -0.25) is 5.01 Å². The molecule has 0 saturated carbocycles. The van der Waals surface area contributed by atoms with E-state index in [9.17, 15) is 0 Å². The van der Waals surface area contributed by atoms with Gasteiger partial charge in [0, 0.05) is 12.6 Å². The van der Waals surface area contributed by atoms with Crippen LogP contribution < -0.4 is 5.01 Å². The first kappa shape index (κ1) is 8.76. The number of hydrazone groups is 1. The highest BCUT2D eigenvalue weighted by Crippen LogP contribution is 2.22. The molecule has 14 heavy (non-hydrogen) atoms. The van der Waals surface area contributed by atoms with Crippen molar-refractivity contribution in [3.8, 4) is 6.07 Å². The Hall–Kier alpha value is -1.82. The fraction of sp³-hybridized carbons (Fsp3) is 0.273. The summed E-state index contributed by atoms with van der Waals surface area (Å²) in [7, 11) is 0. The smallest absolute Gasteiger partial charge is 0.0992 e. The maximum atomic E-state index is 8.76. The van der Waals surface area contributed by atoms with Crippen molar-refractivity contribution in [2.75, 3.05) is 5.01 Å². The molecule has 0 fully saturated rings. The number of hydrogen-bond acceptors (Lipinski definition) is 3. The molecule has 3 heteroatoms. The third-order valence-corrected chi connectivity index (χ3v) is 2.31. The highest BCUT2D eigenvalue weighted by molar-refractivity contribution is 5.67. The van der Waals surface area contributed by atoms with Crippen molar-refractivity contribution < 1.29 is 0 Å². The lowest BCUT2D eigenvalue weighted by molar-refractivity contribution is 0.724. The van der Waals surface area contributed by atoms with Gasteiger partial charge in [0.2, 0.25) is 0 Å². The lowest BCUT2D eigenvalue weighted by Crippen LogP contribution is -2.22. The molecule has 0 saturated heterocycles. The maximum Gasteiger partial charge on any atom is 0.0992 e. The predicted molar refractivity (Wildman–Crippen MR) is 56.2 cm³/mol. The third kappa shape index (κ3) is 1.47. The summed E-state index contributed by atoms with van der Waals surface area (Å²) in [6.07, 6.45) is 2.88. The Morgan fingerprint density at radius 3 is 3.07 bits per heavy atom. The molecule has 3 nitrogen and oxygen atoms in total. The molecule has 0 aromatic heterocycles. The number of rotatable bonds is 1. The topological polar surface area (TPSA) is 39.4 Å². The van der Waals surface area contributed by atoms with Gasteiger partial charge in [0.25, 0.3) is 0 Å². The van der Waals surface area contributed by atoms with Crippen LogP contribution in [-0.4, -0.2) is 12.3 Å². The lowest BCUT2D eigenvalue weighted by atomic mass is 10.2. The standard InChI is InChI=1S/C11H11N3/c1-9-5-6-13-14(9)11-4-2-3-10(7-11)8-12/h2-4,6-7,9H,5H2,1H3. The molecule has 1 aliphatic rings. The van der Waals surface area contributed by atoms with Crippen molar-refractivity contribution in [2.45, 2.75) is 19.4 Å². The van der Waals surface area contributed by atoms with Crippen molar-refractivity contribution in [3.05, 3.63) is 29.8 Å². The average molecular weight is 185 g/mol. The fourth-order valence-corrected chi connectivity index (χ4v) is 1.54. The van der Waals surface area contributed by atoms with Crippen LogP contribution in [0.25, 0.3) is 0 Å². The Morgan fingerprint density at radius 1 is 1.57 bits per heavy atom. The molecule has 1 unspecified atom stereocenters. The third-order valence-electron chi connectivity index (χ3n) is 2.31. The lowest BCUT2D eigenvalue weighted by Gasteiger charge is -2.20. The molecule has 1 aromatic carbocycles. The first-order valence-corrected chi connectivity index (χ1v) is 4.63. The van der Waals surface area contributed by atoms with E-state index >= 15 is 0 Å². The second kappa shape index (κ2) is 3.51. The van der Waals surface area contributed by atoms with Gasteiger partial charge in [0.15, 0.2) is 0 Å². The normalized spacial score (nSPS) is 19.7. The molecular formula is C11H11N3. The van der Waals surface area contributed by atoms with Crippen LogP contribution in [0.1, 0.15) is 18.9 Å².